The first-order valence-corrected chi connectivity index (χ1v) is 9.39. The predicted molar refractivity (Wildman–Crippen MR) is 109 cm³/mol. The van der Waals surface area contributed by atoms with E-state index in [9.17, 15) is 9.90 Å². The summed E-state index contributed by atoms with van der Waals surface area (Å²) in [4.78, 5) is 16.9. The largest absolute Gasteiger partial charge is 0.386 e. The minimum absolute atomic E-state index is 0.0283. The molecule has 6 heteroatoms. The molecule has 2 heterocycles. The highest BCUT2D eigenvalue weighted by molar-refractivity contribution is 5.95. The summed E-state index contributed by atoms with van der Waals surface area (Å²) in [6.07, 6.45) is 7.84. The van der Waals surface area contributed by atoms with Gasteiger partial charge < -0.3 is 10.4 Å². The van der Waals surface area contributed by atoms with Crippen LogP contribution in [0, 0.1) is 0 Å². The lowest BCUT2D eigenvalue weighted by atomic mass is 9.96. The van der Waals surface area contributed by atoms with Gasteiger partial charge in [-0.15, -0.1) is 0 Å². The van der Waals surface area contributed by atoms with Crippen molar-refractivity contribution in [3.05, 3.63) is 72.3 Å². The molecule has 0 saturated heterocycles. The number of carbonyl (C=O) groups excluding carboxylic acids is 1. The predicted octanol–water partition coefficient (Wildman–Crippen LogP) is 3.38. The number of hydrogen-bond donors (Lipinski definition) is 2. The van der Waals surface area contributed by atoms with E-state index in [-0.39, 0.29) is 11.9 Å². The molecule has 0 saturated carbocycles. The number of nitrogens with one attached hydrogen (secondary N) is 1. The second kappa shape index (κ2) is 8.35. The third kappa shape index (κ3) is 5.04. The molecular weight excluding hydrogens is 352 g/mol. The van der Waals surface area contributed by atoms with Crippen LogP contribution in [0.25, 0.3) is 11.1 Å². The van der Waals surface area contributed by atoms with Gasteiger partial charge >= 0.3 is 0 Å². The summed E-state index contributed by atoms with van der Waals surface area (Å²) in [5.74, 6) is -0.110. The highest BCUT2D eigenvalue weighted by Gasteiger charge is 2.17. The number of nitrogens with zero attached hydrogens (tertiary/aromatic N) is 3. The number of benzene rings is 1. The Morgan fingerprint density at radius 1 is 1.21 bits per heavy atom. The third-order valence-electron chi connectivity index (χ3n) is 4.63. The molecule has 2 N–H and O–H groups in total. The van der Waals surface area contributed by atoms with Crippen LogP contribution in [-0.4, -0.2) is 31.8 Å². The molecule has 1 unspecified atom stereocenters. The van der Waals surface area contributed by atoms with E-state index in [2.05, 4.69) is 15.4 Å². The Balaban J connectivity index is 1.69. The number of carbonyl (C=O) groups is 1. The van der Waals surface area contributed by atoms with Crippen LogP contribution in [0.1, 0.15) is 43.1 Å². The summed E-state index contributed by atoms with van der Waals surface area (Å²) in [6, 6.07) is 11.2. The molecule has 28 heavy (non-hydrogen) atoms. The molecule has 146 valence electrons. The van der Waals surface area contributed by atoms with Crippen LogP contribution in [0.3, 0.4) is 0 Å². The molecule has 1 aromatic carbocycles. The topological polar surface area (TPSA) is 80.0 Å². The molecule has 0 aliphatic heterocycles. The molecule has 3 aromatic rings. The lowest BCUT2D eigenvalue weighted by Crippen LogP contribution is -2.33. The molecule has 2 aromatic heterocycles. The number of pyridine rings is 1. The second-order valence-electron chi connectivity index (χ2n) is 7.53. The van der Waals surface area contributed by atoms with E-state index in [0.717, 1.165) is 29.7 Å². The second-order valence-corrected chi connectivity index (χ2v) is 7.53. The van der Waals surface area contributed by atoms with Crippen LogP contribution in [-0.2, 0) is 12.1 Å². The first-order chi connectivity index (χ1) is 13.3. The van der Waals surface area contributed by atoms with Crippen molar-refractivity contribution in [1.82, 2.24) is 20.1 Å². The van der Waals surface area contributed by atoms with Crippen LogP contribution < -0.4 is 5.32 Å². The zero-order chi connectivity index (χ0) is 20.1. The van der Waals surface area contributed by atoms with E-state index in [1.807, 2.05) is 48.1 Å². The van der Waals surface area contributed by atoms with Gasteiger partial charge in [0.1, 0.15) is 0 Å². The zero-order valence-corrected chi connectivity index (χ0v) is 16.5. The lowest BCUT2D eigenvalue weighted by Gasteiger charge is -2.18. The van der Waals surface area contributed by atoms with Gasteiger partial charge in [-0.3, -0.25) is 14.5 Å². The van der Waals surface area contributed by atoms with Gasteiger partial charge in [0.05, 0.1) is 5.60 Å². The zero-order valence-electron chi connectivity index (χ0n) is 16.5. The van der Waals surface area contributed by atoms with Crippen molar-refractivity contribution in [2.45, 2.75) is 45.4 Å². The SMILES string of the molecule is CC(CCn1cccn1)NC(=O)c1cccc(-c2cncc(C(C)(C)O)c2)c1. The van der Waals surface area contributed by atoms with E-state index < -0.39 is 5.60 Å². The van der Waals surface area contributed by atoms with E-state index in [1.54, 1.807) is 38.5 Å². The highest BCUT2D eigenvalue weighted by atomic mass is 16.3. The van der Waals surface area contributed by atoms with Crippen molar-refractivity contribution in [1.29, 1.82) is 0 Å². The van der Waals surface area contributed by atoms with Crippen molar-refractivity contribution in [3.8, 4) is 11.1 Å². The Labute approximate surface area is 165 Å². The first-order valence-electron chi connectivity index (χ1n) is 9.39. The van der Waals surface area contributed by atoms with E-state index in [4.69, 9.17) is 0 Å². The van der Waals surface area contributed by atoms with Gasteiger partial charge in [-0.05, 0) is 57.0 Å². The number of rotatable bonds is 7. The van der Waals surface area contributed by atoms with Crippen LogP contribution in [0.5, 0.6) is 0 Å². The van der Waals surface area contributed by atoms with Crippen LogP contribution >= 0.6 is 0 Å². The maximum atomic E-state index is 12.6. The van der Waals surface area contributed by atoms with E-state index in [1.165, 1.54) is 0 Å². The van der Waals surface area contributed by atoms with Crippen LogP contribution in [0.15, 0.2) is 61.2 Å². The van der Waals surface area contributed by atoms with Crippen molar-refractivity contribution in [2.75, 3.05) is 0 Å². The fraction of sp³-hybridized carbons (Fsp3) is 0.318. The normalized spacial score (nSPS) is 12.6. The maximum Gasteiger partial charge on any atom is 0.251 e. The Hall–Kier alpha value is -2.99. The Kier molecular flexibility index (Phi) is 5.90. The number of aliphatic hydroxyl groups is 1. The van der Waals surface area contributed by atoms with Crippen molar-refractivity contribution in [2.24, 2.45) is 0 Å². The van der Waals surface area contributed by atoms with E-state index >= 15 is 0 Å². The molecule has 0 radical (unpaired) electrons. The third-order valence-corrected chi connectivity index (χ3v) is 4.63. The minimum Gasteiger partial charge on any atom is -0.386 e. The maximum absolute atomic E-state index is 12.6. The van der Waals surface area contributed by atoms with E-state index in [0.29, 0.717) is 5.56 Å². The van der Waals surface area contributed by atoms with Gasteiger partial charge in [0.2, 0.25) is 0 Å². The Morgan fingerprint density at radius 3 is 2.75 bits per heavy atom. The lowest BCUT2D eigenvalue weighted by molar-refractivity contribution is 0.0782. The van der Waals surface area contributed by atoms with Gasteiger partial charge in [0.15, 0.2) is 0 Å². The van der Waals surface area contributed by atoms with Gasteiger partial charge in [-0.2, -0.15) is 5.10 Å². The number of aromatic nitrogens is 3. The summed E-state index contributed by atoms with van der Waals surface area (Å²) < 4.78 is 1.85. The number of amides is 1. The molecule has 0 aliphatic rings. The fourth-order valence-electron chi connectivity index (χ4n) is 2.91. The molecule has 0 fully saturated rings. The van der Waals surface area contributed by atoms with Crippen LogP contribution in [0.4, 0.5) is 0 Å². The van der Waals surface area contributed by atoms with Gasteiger partial charge in [-0.25, -0.2) is 0 Å². The summed E-state index contributed by atoms with van der Waals surface area (Å²) in [5.41, 5.74) is 2.10. The monoisotopic (exact) mass is 378 g/mol. The highest BCUT2D eigenvalue weighted by Crippen LogP contribution is 2.25. The Bertz CT molecular complexity index is 930. The van der Waals surface area contributed by atoms with Gasteiger partial charge in [0, 0.05) is 54.1 Å². The molecule has 6 nitrogen and oxygen atoms in total. The average Bonchev–Trinajstić information content (AvgIpc) is 3.19. The summed E-state index contributed by atoms with van der Waals surface area (Å²) >= 11 is 0. The smallest absolute Gasteiger partial charge is 0.251 e. The molecular formula is C22H26N4O2. The van der Waals surface area contributed by atoms with Gasteiger partial charge in [0.25, 0.3) is 5.91 Å². The molecule has 1 amide bonds. The quantitative estimate of drug-likeness (QED) is 0.660. The summed E-state index contributed by atoms with van der Waals surface area (Å²) in [5, 5.41) is 17.4. The van der Waals surface area contributed by atoms with Crippen LogP contribution in [0.2, 0.25) is 0 Å². The fourth-order valence-corrected chi connectivity index (χ4v) is 2.91. The van der Waals surface area contributed by atoms with Crippen molar-refractivity contribution in [3.63, 3.8) is 0 Å². The molecule has 3 rings (SSSR count). The van der Waals surface area contributed by atoms with Crippen molar-refractivity contribution < 1.29 is 9.90 Å². The Morgan fingerprint density at radius 2 is 2.04 bits per heavy atom. The molecule has 0 aliphatic carbocycles. The number of aryl methyl sites for hydroxylation is 1. The summed E-state index contributed by atoms with van der Waals surface area (Å²) in [6.45, 7) is 6.19. The summed E-state index contributed by atoms with van der Waals surface area (Å²) in [7, 11) is 0. The van der Waals surface area contributed by atoms with Gasteiger partial charge in [-0.1, -0.05) is 12.1 Å². The average molecular weight is 378 g/mol. The standard InChI is InChI=1S/C22H26N4O2/c1-16(8-11-26-10-5-9-24-26)25-21(27)18-7-4-6-17(12-18)19-13-20(15-23-14-19)22(2,3)28/h4-7,9-10,12-16,28H,8,11H2,1-3H3,(H,25,27). The first kappa shape index (κ1) is 19.8. The van der Waals surface area contributed by atoms with Crippen molar-refractivity contribution >= 4 is 5.91 Å². The molecule has 0 spiro atoms. The molecule has 1 atom stereocenters. The number of hydrogen-bond acceptors (Lipinski definition) is 4. The molecule has 0 bridgehead atoms. The minimum atomic E-state index is -0.970.